The van der Waals surface area contributed by atoms with Gasteiger partial charge >= 0.3 is 6.03 Å². The fraction of sp³-hybridized carbons (Fsp3) is 0.833. The standard InChI is InChI=1S/C12H20N2O2/c1-9(15)6-7-14-8-11(13-12(14)16)10-4-2-3-5-10/h10-11H,2-8H2,1H3,(H,13,16). The summed E-state index contributed by atoms with van der Waals surface area (Å²) < 4.78 is 0. The predicted molar refractivity (Wildman–Crippen MR) is 61.1 cm³/mol. The van der Waals surface area contributed by atoms with E-state index in [9.17, 15) is 9.59 Å². The van der Waals surface area contributed by atoms with Crippen LogP contribution in [-0.4, -0.2) is 35.8 Å². The molecule has 1 N–H and O–H groups in total. The van der Waals surface area contributed by atoms with Gasteiger partial charge in [0, 0.05) is 19.5 Å². The lowest BCUT2D eigenvalue weighted by Crippen LogP contribution is -2.32. The average Bonchev–Trinajstić information content (AvgIpc) is 2.83. The van der Waals surface area contributed by atoms with E-state index in [2.05, 4.69) is 5.32 Å². The number of ketones is 1. The molecule has 4 heteroatoms. The van der Waals surface area contributed by atoms with Crippen LogP contribution in [0.5, 0.6) is 0 Å². The molecule has 0 aromatic heterocycles. The van der Waals surface area contributed by atoms with E-state index >= 15 is 0 Å². The Labute approximate surface area is 96.4 Å². The highest BCUT2D eigenvalue weighted by molar-refractivity contribution is 5.79. The third kappa shape index (κ3) is 2.54. The van der Waals surface area contributed by atoms with Crippen LogP contribution in [0.15, 0.2) is 0 Å². The normalized spacial score (nSPS) is 26.2. The van der Waals surface area contributed by atoms with Crippen molar-refractivity contribution in [3.8, 4) is 0 Å². The van der Waals surface area contributed by atoms with Gasteiger partial charge in [0.15, 0.2) is 0 Å². The van der Waals surface area contributed by atoms with E-state index in [0.717, 1.165) is 6.54 Å². The van der Waals surface area contributed by atoms with Gasteiger partial charge in [-0.2, -0.15) is 0 Å². The lowest BCUT2D eigenvalue weighted by atomic mass is 9.99. The second-order valence-corrected chi connectivity index (χ2v) is 5.00. The summed E-state index contributed by atoms with van der Waals surface area (Å²) in [5.74, 6) is 0.809. The van der Waals surface area contributed by atoms with Gasteiger partial charge in [-0.15, -0.1) is 0 Å². The van der Waals surface area contributed by atoms with Crippen molar-refractivity contribution in [3.63, 3.8) is 0 Å². The molecule has 0 radical (unpaired) electrons. The minimum atomic E-state index is 0.0122. The summed E-state index contributed by atoms with van der Waals surface area (Å²) in [6.07, 6.45) is 5.55. The summed E-state index contributed by atoms with van der Waals surface area (Å²) in [6, 6.07) is 0.333. The Morgan fingerprint density at radius 3 is 2.75 bits per heavy atom. The molecule has 0 aromatic rings. The van der Waals surface area contributed by atoms with E-state index in [4.69, 9.17) is 0 Å². The van der Waals surface area contributed by atoms with Crippen molar-refractivity contribution in [3.05, 3.63) is 0 Å². The number of nitrogens with zero attached hydrogens (tertiary/aromatic N) is 1. The molecule has 4 nitrogen and oxygen atoms in total. The number of Topliss-reactive ketones (excluding diaryl/α,β-unsaturated/α-hetero) is 1. The van der Waals surface area contributed by atoms with Gasteiger partial charge in [0.2, 0.25) is 0 Å². The molecule has 16 heavy (non-hydrogen) atoms. The van der Waals surface area contributed by atoms with E-state index in [-0.39, 0.29) is 11.8 Å². The SMILES string of the molecule is CC(=O)CCN1CC(C2CCCC2)NC1=O. The van der Waals surface area contributed by atoms with Crippen LogP contribution < -0.4 is 5.32 Å². The van der Waals surface area contributed by atoms with Gasteiger partial charge in [0.05, 0.1) is 6.04 Å². The van der Waals surface area contributed by atoms with Gasteiger partial charge in [-0.1, -0.05) is 12.8 Å². The first-order valence-electron chi connectivity index (χ1n) is 6.21. The average molecular weight is 224 g/mol. The summed E-state index contributed by atoms with van der Waals surface area (Å²) in [5.41, 5.74) is 0. The Bertz CT molecular complexity index is 285. The van der Waals surface area contributed by atoms with Crippen molar-refractivity contribution in [2.75, 3.05) is 13.1 Å². The molecule has 2 rings (SSSR count). The molecule has 0 bridgehead atoms. The highest BCUT2D eigenvalue weighted by Crippen LogP contribution is 2.29. The molecule has 2 fully saturated rings. The van der Waals surface area contributed by atoms with Gasteiger partial charge in [-0.3, -0.25) is 4.79 Å². The second-order valence-electron chi connectivity index (χ2n) is 5.00. The molecular weight excluding hydrogens is 204 g/mol. The fourth-order valence-corrected chi connectivity index (χ4v) is 2.73. The smallest absolute Gasteiger partial charge is 0.317 e. The third-order valence-electron chi connectivity index (χ3n) is 3.72. The highest BCUT2D eigenvalue weighted by Gasteiger charge is 2.34. The first-order valence-corrected chi connectivity index (χ1v) is 6.21. The van der Waals surface area contributed by atoms with Crippen molar-refractivity contribution >= 4 is 11.8 Å². The minimum absolute atomic E-state index is 0.0122. The van der Waals surface area contributed by atoms with Crippen molar-refractivity contribution in [2.24, 2.45) is 5.92 Å². The van der Waals surface area contributed by atoms with Crippen LogP contribution in [-0.2, 0) is 4.79 Å². The van der Waals surface area contributed by atoms with Crippen LogP contribution in [0.4, 0.5) is 4.79 Å². The molecule has 1 saturated heterocycles. The fourth-order valence-electron chi connectivity index (χ4n) is 2.73. The van der Waals surface area contributed by atoms with Crippen LogP contribution in [0, 0.1) is 5.92 Å². The highest BCUT2D eigenvalue weighted by atomic mass is 16.2. The Hall–Kier alpha value is -1.06. The molecule has 2 aliphatic rings. The lowest BCUT2D eigenvalue weighted by molar-refractivity contribution is -0.117. The monoisotopic (exact) mass is 224 g/mol. The molecule has 0 aromatic carbocycles. The Morgan fingerprint density at radius 2 is 2.12 bits per heavy atom. The van der Waals surface area contributed by atoms with Gasteiger partial charge in [0.25, 0.3) is 0 Å². The molecule has 1 aliphatic carbocycles. The summed E-state index contributed by atoms with van der Waals surface area (Å²) in [7, 11) is 0. The molecular formula is C12H20N2O2. The maximum atomic E-state index is 11.7. The summed E-state index contributed by atoms with van der Waals surface area (Å²) in [5, 5.41) is 3.05. The van der Waals surface area contributed by atoms with E-state index in [1.165, 1.54) is 25.7 Å². The number of carbonyl (C=O) groups excluding carboxylic acids is 2. The number of hydrogen-bond acceptors (Lipinski definition) is 2. The predicted octanol–water partition coefficient (Wildman–Crippen LogP) is 1.55. The van der Waals surface area contributed by atoms with Crippen molar-refractivity contribution in [1.29, 1.82) is 0 Å². The number of rotatable bonds is 4. The van der Waals surface area contributed by atoms with E-state index in [1.807, 2.05) is 0 Å². The largest absolute Gasteiger partial charge is 0.333 e. The Balaban J connectivity index is 1.83. The molecule has 1 unspecified atom stereocenters. The quantitative estimate of drug-likeness (QED) is 0.787. The number of urea groups is 1. The summed E-state index contributed by atoms with van der Waals surface area (Å²) in [6.45, 7) is 2.93. The van der Waals surface area contributed by atoms with Gasteiger partial charge < -0.3 is 10.2 Å². The molecule has 1 atom stereocenters. The molecule has 0 spiro atoms. The maximum absolute atomic E-state index is 11.7. The van der Waals surface area contributed by atoms with Crippen molar-refractivity contribution in [1.82, 2.24) is 10.2 Å². The lowest BCUT2D eigenvalue weighted by Gasteiger charge is -2.17. The molecule has 2 amide bonds. The van der Waals surface area contributed by atoms with Crippen molar-refractivity contribution < 1.29 is 9.59 Å². The maximum Gasteiger partial charge on any atom is 0.317 e. The van der Waals surface area contributed by atoms with Gasteiger partial charge in [0.1, 0.15) is 5.78 Å². The first kappa shape index (κ1) is 11.4. The third-order valence-corrected chi connectivity index (χ3v) is 3.72. The number of carbonyl (C=O) groups is 2. The minimum Gasteiger partial charge on any atom is -0.333 e. The Kier molecular flexibility index (Phi) is 3.46. The van der Waals surface area contributed by atoms with Crippen LogP contribution in [0.3, 0.4) is 0 Å². The molecule has 90 valence electrons. The summed E-state index contributed by atoms with van der Waals surface area (Å²) >= 11 is 0. The van der Waals surface area contributed by atoms with E-state index in [1.54, 1.807) is 11.8 Å². The topological polar surface area (TPSA) is 49.4 Å². The Morgan fingerprint density at radius 1 is 1.44 bits per heavy atom. The zero-order valence-corrected chi connectivity index (χ0v) is 9.87. The number of amides is 2. The zero-order valence-electron chi connectivity index (χ0n) is 9.87. The van der Waals surface area contributed by atoms with E-state index < -0.39 is 0 Å². The molecule has 1 saturated carbocycles. The van der Waals surface area contributed by atoms with Gasteiger partial charge in [-0.05, 0) is 25.7 Å². The summed E-state index contributed by atoms with van der Waals surface area (Å²) in [4.78, 5) is 24.3. The van der Waals surface area contributed by atoms with Crippen LogP contribution >= 0.6 is 0 Å². The van der Waals surface area contributed by atoms with Crippen LogP contribution in [0.2, 0.25) is 0 Å². The zero-order chi connectivity index (χ0) is 11.5. The number of nitrogens with one attached hydrogen (secondary N) is 1. The molecule has 1 aliphatic heterocycles. The first-order chi connectivity index (χ1) is 7.66. The molecule has 1 heterocycles. The van der Waals surface area contributed by atoms with Gasteiger partial charge in [-0.25, -0.2) is 4.79 Å². The number of hydrogen-bond donors (Lipinski definition) is 1. The van der Waals surface area contributed by atoms with Crippen molar-refractivity contribution in [2.45, 2.75) is 45.1 Å². The second kappa shape index (κ2) is 4.85. The van der Waals surface area contributed by atoms with Crippen LogP contribution in [0.1, 0.15) is 39.0 Å². The van der Waals surface area contributed by atoms with Crippen LogP contribution in [0.25, 0.3) is 0 Å². The van der Waals surface area contributed by atoms with E-state index in [0.29, 0.717) is 24.9 Å².